The molecule has 0 bridgehead atoms. The van der Waals surface area contributed by atoms with Crippen LogP contribution in [0.4, 0.5) is 10.1 Å². The van der Waals surface area contributed by atoms with Gasteiger partial charge >= 0.3 is 5.97 Å². The number of aromatic carboxylic acids is 1. The number of carbonyl (C=O) groups excluding carboxylic acids is 1. The molecule has 2 aromatic carbocycles. The molecule has 0 atom stereocenters. The molecule has 1 N–H and O–H groups in total. The lowest BCUT2D eigenvalue weighted by Gasteiger charge is -2.11. The fourth-order valence-electron chi connectivity index (χ4n) is 3.07. The van der Waals surface area contributed by atoms with Gasteiger partial charge in [-0.2, -0.15) is 10.1 Å². The SMILES string of the molecule is CC1=NN(c2ccc(F)cc2)C(=O)/C1=C/c1ccc(-c2ccc(Br)cc2C(=O)O)o1. The fourth-order valence-corrected chi connectivity index (χ4v) is 3.43. The van der Waals surface area contributed by atoms with Crippen LogP contribution in [0.25, 0.3) is 17.4 Å². The molecule has 30 heavy (non-hydrogen) atoms. The van der Waals surface area contributed by atoms with Crippen molar-refractivity contribution in [3.05, 3.63) is 81.8 Å². The summed E-state index contributed by atoms with van der Waals surface area (Å²) in [6.45, 7) is 1.69. The molecule has 0 spiro atoms. The van der Waals surface area contributed by atoms with E-state index in [0.29, 0.717) is 38.5 Å². The molecular formula is C22H14BrFN2O4. The van der Waals surface area contributed by atoms with Crippen LogP contribution in [0, 0.1) is 5.82 Å². The molecular weight excluding hydrogens is 455 g/mol. The third kappa shape index (κ3) is 3.69. The van der Waals surface area contributed by atoms with Gasteiger partial charge in [-0.25, -0.2) is 9.18 Å². The fraction of sp³-hybridized carbons (Fsp3) is 0.0455. The minimum absolute atomic E-state index is 0.0927. The van der Waals surface area contributed by atoms with E-state index in [4.69, 9.17) is 4.42 Å². The van der Waals surface area contributed by atoms with E-state index < -0.39 is 11.8 Å². The van der Waals surface area contributed by atoms with Crippen molar-refractivity contribution in [1.82, 2.24) is 0 Å². The Morgan fingerprint density at radius 1 is 1.17 bits per heavy atom. The first-order valence-electron chi connectivity index (χ1n) is 8.84. The van der Waals surface area contributed by atoms with Gasteiger partial charge < -0.3 is 9.52 Å². The standard InChI is InChI=1S/C22H14BrFN2O4/c1-12-18(21(27)26(25-12)15-5-3-14(24)4-6-15)11-16-7-9-20(30-16)17-8-2-13(23)10-19(17)22(28)29/h2-11H,1H3,(H,28,29)/b18-11+. The number of hydrogen-bond donors (Lipinski definition) is 1. The van der Waals surface area contributed by atoms with Crippen molar-refractivity contribution in [2.24, 2.45) is 5.10 Å². The molecule has 1 aromatic heterocycles. The van der Waals surface area contributed by atoms with Gasteiger partial charge in [0.05, 0.1) is 22.5 Å². The van der Waals surface area contributed by atoms with Gasteiger partial charge in [0.25, 0.3) is 5.91 Å². The molecule has 3 aromatic rings. The van der Waals surface area contributed by atoms with Crippen LogP contribution in [0.1, 0.15) is 23.0 Å². The monoisotopic (exact) mass is 468 g/mol. The van der Waals surface area contributed by atoms with E-state index in [9.17, 15) is 19.1 Å². The maximum atomic E-state index is 13.2. The molecule has 0 saturated heterocycles. The smallest absolute Gasteiger partial charge is 0.336 e. The number of anilines is 1. The molecule has 0 unspecified atom stereocenters. The van der Waals surface area contributed by atoms with E-state index >= 15 is 0 Å². The largest absolute Gasteiger partial charge is 0.478 e. The first-order valence-corrected chi connectivity index (χ1v) is 9.63. The lowest BCUT2D eigenvalue weighted by Crippen LogP contribution is -2.21. The van der Waals surface area contributed by atoms with E-state index in [1.807, 2.05) is 0 Å². The van der Waals surface area contributed by atoms with Crippen LogP contribution in [0.5, 0.6) is 0 Å². The van der Waals surface area contributed by atoms with E-state index in [1.165, 1.54) is 35.3 Å². The Bertz CT molecular complexity index is 1230. The predicted molar refractivity (Wildman–Crippen MR) is 114 cm³/mol. The molecule has 8 heteroatoms. The van der Waals surface area contributed by atoms with Crippen molar-refractivity contribution in [2.75, 3.05) is 5.01 Å². The number of carboxylic acids is 1. The quantitative estimate of drug-likeness (QED) is 0.522. The normalized spacial score (nSPS) is 15.0. The Kier molecular flexibility index (Phi) is 5.09. The van der Waals surface area contributed by atoms with Crippen LogP contribution in [-0.2, 0) is 4.79 Å². The number of hydrazone groups is 1. The van der Waals surface area contributed by atoms with E-state index in [0.717, 1.165) is 0 Å². The van der Waals surface area contributed by atoms with Crippen molar-refractivity contribution in [3.63, 3.8) is 0 Å². The molecule has 0 saturated carbocycles. The first kappa shape index (κ1) is 19.8. The topological polar surface area (TPSA) is 83.1 Å². The minimum atomic E-state index is -1.08. The average molecular weight is 469 g/mol. The maximum Gasteiger partial charge on any atom is 0.336 e. The van der Waals surface area contributed by atoms with Gasteiger partial charge in [-0.05, 0) is 67.6 Å². The van der Waals surface area contributed by atoms with E-state index in [1.54, 1.807) is 37.3 Å². The van der Waals surface area contributed by atoms with Gasteiger partial charge in [0.1, 0.15) is 17.3 Å². The number of carbonyl (C=O) groups is 2. The molecule has 150 valence electrons. The minimum Gasteiger partial charge on any atom is -0.478 e. The average Bonchev–Trinajstić information content (AvgIpc) is 3.29. The van der Waals surface area contributed by atoms with Gasteiger partial charge in [-0.1, -0.05) is 15.9 Å². The highest BCUT2D eigenvalue weighted by atomic mass is 79.9. The molecule has 4 rings (SSSR count). The molecule has 1 amide bonds. The second-order valence-electron chi connectivity index (χ2n) is 6.53. The maximum absolute atomic E-state index is 13.2. The highest BCUT2D eigenvalue weighted by molar-refractivity contribution is 9.10. The zero-order chi connectivity index (χ0) is 21.4. The van der Waals surface area contributed by atoms with Crippen molar-refractivity contribution < 1.29 is 23.5 Å². The summed E-state index contributed by atoms with van der Waals surface area (Å²) < 4.78 is 19.6. The second kappa shape index (κ2) is 7.72. The summed E-state index contributed by atoms with van der Waals surface area (Å²) in [7, 11) is 0. The van der Waals surface area contributed by atoms with Gasteiger partial charge in [0, 0.05) is 10.0 Å². The number of carboxylic acid groups (broad SMARTS) is 1. The third-order valence-corrected chi connectivity index (χ3v) is 5.02. The Morgan fingerprint density at radius 2 is 1.90 bits per heavy atom. The van der Waals surface area contributed by atoms with Crippen molar-refractivity contribution in [2.45, 2.75) is 6.92 Å². The van der Waals surface area contributed by atoms with Crippen LogP contribution in [0.2, 0.25) is 0 Å². The Balaban J connectivity index is 1.65. The van der Waals surface area contributed by atoms with E-state index in [-0.39, 0.29) is 11.5 Å². The summed E-state index contributed by atoms with van der Waals surface area (Å²) in [5.41, 5.74) is 1.78. The molecule has 0 radical (unpaired) electrons. The van der Waals surface area contributed by atoms with Gasteiger partial charge in [-0.3, -0.25) is 4.79 Å². The highest BCUT2D eigenvalue weighted by Gasteiger charge is 2.29. The van der Waals surface area contributed by atoms with Crippen molar-refractivity contribution in [3.8, 4) is 11.3 Å². The van der Waals surface area contributed by atoms with E-state index in [2.05, 4.69) is 21.0 Å². The number of halogens is 2. The molecule has 6 nitrogen and oxygen atoms in total. The van der Waals surface area contributed by atoms with Gasteiger partial charge in [-0.15, -0.1) is 0 Å². The lowest BCUT2D eigenvalue weighted by atomic mass is 10.1. The summed E-state index contributed by atoms with van der Waals surface area (Å²) in [5, 5.41) is 14.9. The van der Waals surface area contributed by atoms with Crippen LogP contribution in [-0.4, -0.2) is 22.7 Å². The summed E-state index contributed by atoms with van der Waals surface area (Å²) >= 11 is 3.26. The van der Waals surface area contributed by atoms with Gasteiger partial charge in [0.2, 0.25) is 0 Å². The molecule has 0 aliphatic carbocycles. The summed E-state index contributed by atoms with van der Waals surface area (Å²) in [6, 6.07) is 13.6. The predicted octanol–water partition coefficient (Wildman–Crippen LogP) is 5.35. The summed E-state index contributed by atoms with van der Waals surface area (Å²) in [4.78, 5) is 24.3. The third-order valence-electron chi connectivity index (χ3n) is 4.52. The molecule has 0 fully saturated rings. The van der Waals surface area contributed by atoms with Crippen LogP contribution in [0.3, 0.4) is 0 Å². The molecule has 1 aliphatic rings. The number of nitrogens with zero attached hydrogens (tertiary/aromatic N) is 2. The van der Waals surface area contributed by atoms with Gasteiger partial charge in [0.15, 0.2) is 0 Å². The van der Waals surface area contributed by atoms with Crippen LogP contribution < -0.4 is 5.01 Å². The molecule has 2 heterocycles. The first-order chi connectivity index (χ1) is 14.3. The summed E-state index contributed by atoms with van der Waals surface area (Å²) in [6.07, 6.45) is 1.55. The zero-order valence-corrected chi connectivity index (χ0v) is 17.2. The summed E-state index contributed by atoms with van der Waals surface area (Å²) in [5.74, 6) is -1.11. The molecule has 1 aliphatic heterocycles. The number of amides is 1. The Labute approximate surface area is 179 Å². The van der Waals surface area contributed by atoms with Crippen molar-refractivity contribution >= 4 is 45.3 Å². The number of benzene rings is 2. The Hall–Kier alpha value is -3.52. The van der Waals surface area contributed by atoms with Crippen LogP contribution >= 0.6 is 15.9 Å². The van der Waals surface area contributed by atoms with Crippen LogP contribution in [0.15, 0.2) is 74.2 Å². The van der Waals surface area contributed by atoms with Crippen molar-refractivity contribution in [1.29, 1.82) is 0 Å². The number of hydrogen-bond acceptors (Lipinski definition) is 4. The number of furan rings is 1. The Morgan fingerprint density at radius 3 is 2.60 bits per heavy atom. The highest BCUT2D eigenvalue weighted by Crippen LogP contribution is 2.30. The zero-order valence-electron chi connectivity index (χ0n) is 15.6. The number of rotatable bonds is 4. The lowest BCUT2D eigenvalue weighted by molar-refractivity contribution is -0.114. The second-order valence-corrected chi connectivity index (χ2v) is 7.45.